The van der Waals surface area contributed by atoms with Crippen molar-refractivity contribution in [2.45, 2.75) is 71.9 Å². The summed E-state index contributed by atoms with van der Waals surface area (Å²) in [6.45, 7) is 13.3. The number of amides is 4. The highest BCUT2D eigenvalue weighted by Crippen LogP contribution is 2.32. The van der Waals surface area contributed by atoms with Crippen molar-refractivity contribution in [1.82, 2.24) is 26.3 Å². The molecular formula is C51H70N6O11. The summed E-state index contributed by atoms with van der Waals surface area (Å²) >= 11 is 0. The second-order valence-electron chi connectivity index (χ2n) is 16.6. The number of benzene rings is 3. The minimum Gasteiger partial charge on any atom is -0.481 e. The van der Waals surface area contributed by atoms with Gasteiger partial charge in [-0.3, -0.25) is 24.0 Å². The van der Waals surface area contributed by atoms with Gasteiger partial charge in [0.1, 0.15) is 11.9 Å². The van der Waals surface area contributed by atoms with E-state index in [-0.39, 0.29) is 56.2 Å². The number of pyridine rings is 1. The third kappa shape index (κ3) is 20.5. The van der Waals surface area contributed by atoms with Crippen LogP contribution in [0.3, 0.4) is 0 Å². The Morgan fingerprint density at radius 2 is 1.32 bits per heavy atom. The molecule has 0 aliphatic heterocycles. The zero-order chi connectivity index (χ0) is 48.9. The number of anilines is 1. The fourth-order valence-electron chi connectivity index (χ4n) is 7.12. The Bertz CT molecular complexity index is 2170. The van der Waals surface area contributed by atoms with Crippen LogP contribution < -0.4 is 26.6 Å². The number of nitrogens with zero attached hydrogens (tertiary/aromatic N) is 1. The molecule has 0 radical (unpaired) electrons. The largest absolute Gasteiger partial charge is 0.481 e. The van der Waals surface area contributed by atoms with Crippen LogP contribution in [0.4, 0.5) is 5.82 Å². The van der Waals surface area contributed by atoms with E-state index in [9.17, 15) is 29.1 Å². The lowest BCUT2D eigenvalue weighted by Crippen LogP contribution is -2.48. The number of aliphatic carboxylic acids is 1. The van der Waals surface area contributed by atoms with E-state index >= 15 is 0 Å². The number of nitrogens with one attached hydrogen (secondary N) is 5. The highest BCUT2D eigenvalue weighted by Gasteiger charge is 2.24. The van der Waals surface area contributed by atoms with Crippen molar-refractivity contribution < 1.29 is 52.8 Å². The number of carbonyl (C=O) groups is 5. The molecule has 6 N–H and O–H groups in total. The zero-order valence-corrected chi connectivity index (χ0v) is 39.9. The van der Waals surface area contributed by atoms with E-state index in [2.05, 4.69) is 38.5 Å². The van der Waals surface area contributed by atoms with Gasteiger partial charge < -0.3 is 55.4 Å². The number of carbonyl (C=O) groups excluding carboxylic acids is 4. The molecule has 1 heterocycles. The lowest BCUT2D eigenvalue weighted by Gasteiger charge is -2.21. The molecule has 0 aliphatic rings. The molecule has 1 aromatic heterocycles. The molecular weight excluding hydrogens is 873 g/mol. The lowest BCUT2D eigenvalue weighted by atomic mass is 9.93. The second-order valence-corrected chi connectivity index (χ2v) is 16.6. The molecule has 0 bridgehead atoms. The summed E-state index contributed by atoms with van der Waals surface area (Å²) < 4.78 is 27.5. The summed E-state index contributed by atoms with van der Waals surface area (Å²) in [5.74, 6) is -1.76. The summed E-state index contributed by atoms with van der Waals surface area (Å²) in [6, 6.07) is 20.4. The average molecular weight is 943 g/mol. The third-order valence-corrected chi connectivity index (χ3v) is 10.5. The monoisotopic (exact) mass is 943 g/mol. The molecule has 370 valence electrons. The fourth-order valence-corrected chi connectivity index (χ4v) is 7.12. The van der Waals surface area contributed by atoms with Crippen molar-refractivity contribution in [3.8, 4) is 11.1 Å². The van der Waals surface area contributed by atoms with Gasteiger partial charge in [0.05, 0.1) is 78.5 Å². The Kier molecular flexibility index (Phi) is 25.0. The average Bonchev–Trinajstić information content (AvgIpc) is 3.32. The van der Waals surface area contributed by atoms with Gasteiger partial charge in [0.15, 0.2) is 0 Å². The van der Waals surface area contributed by atoms with E-state index in [0.29, 0.717) is 88.8 Å². The second kappa shape index (κ2) is 31.1. The zero-order valence-electron chi connectivity index (χ0n) is 39.9. The van der Waals surface area contributed by atoms with Crippen LogP contribution in [0.2, 0.25) is 0 Å². The first-order valence-corrected chi connectivity index (χ1v) is 23.5. The topological polar surface area (TPSA) is 225 Å². The summed E-state index contributed by atoms with van der Waals surface area (Å²) in [6.07, 6.45) is 3.49. The van der Waals surface area contributed by atoms with Gasteiger partial charge in [0.25, 0.3) is 5.91 Å². The van der Waals surface area contributed by atoms with Crippen LogP contribution in [-0.2, 0) is 42.9 Å². The van der Waals surface area contributed by atoms with Crippen molar-refractivity contribution in [3.05, 3.63) is 95.7 Å². The predicted octanol–water partition coefficient (Wildman–Crippen LogP) is 5.60. The number of rotatable bonds is 34. The molecule has 4 rings (SSSR count). The van der Waals surface area contributed by atoms with E-state index in [4.69, 9.17) is 23.7 Å². The van der Waals surface area contributed by atoms with Crippen LogP contribution in [0, 0.1) is 12.8 Å². The van der Waals surface area contributed by atoms with E-state index in [1.807, 2.05) is 75.4 Å². The van der Waals surface area contributed by atoms with E-state index in [1.54, 1.807) is 24.4 Å². The highest BCUT2D eigenvalue weighted by atomic mass is 16.6. The summed E-state index contributed by atoms with van der Waals surface area (Å²) in [5, 5.41) is 25.5. The van der Waals surface area contributed by atoms with E-state index in [0.717, 1.165) is 40.9 Å². The number of hydrogen-bond acceptors (Lipinski definition) is 12. The van der Waals surface area contributed by atoms with Gasteiger partial charge in [-0.2, -0.15) is 0 Å². The van der Waals surface area contributed by atoms with Gasteiger partial charge in [-0.1, -0.05) is 75.4 Å². The molecule has 17 heteroatoms. The summed E-state index contributed by atoms with van der Waals surface area (Å²) in [7, 11) is 0. The number of carboxylic acid groups (broad SMARTS) is 1. The standard InChI is InChI=1S/C51H70N6O11/c1-5-22-64-24-26-66-28-30-68-31-29-67-27-25-65-23-21-54-51(63)45(32-36(2)3)57-50(62)43-17-16-40(41-9-6-7-10-42(41)43)38-12-14-39(15-13-38)44(34-49(60)61)56-48(59)35-55-47(58)11-8-19-52-46-33-37(4)18-20-53-46/h6-7,9-10,12-18,20,33,36,44-45H,5,8,11,19,21-32,34-35H2,1-4H3,(H,52,53)(H,54,63)(H,55,58)(H,56,59)(H,57,62)(H,60,61)/t44-,45+/m0/s1. The summed E-state index contributed by atoms with van der Waals surface area (Å²) in [5.41, 5.74) is 3.68. The van der Waals surface area contributed by atoms with Gasteiger partial charge in [-0.05, 0) is 83.3 Å². The van der Waals surface area contributed by atoms with Gasteiger partial charge >= 0.3 is 5.97 Å². The number of fused-ring (bicyclic) bond motifs is 1. The number of ether oxygens (including phenoxy) is 5. The molecule has 3 aromatic carbocycles. The van der Waals surface area contributed by atoms with Crippen LogP contribution in [0.25, 0.3) is 21.9 Å². The number of carboxylic acids is 1. The molecule has 17 nitrogen and oxygen atoms in total. The van der Waals surface area contributed by atoms with Crippen molar-refractivity contribution in [2.24, 2.45) is 5.92 Å². The molecule has 0 aliphatic carbocycles. The molecule has 4 amide bonds. The van der Waals surface area contributed by atoms with Gasteiger partial charge in [0.2, 0.25) is 17.7 Å². The maximum Gasteiger partial charge on any atom is 0.305 e. The highest BCUT2D eigenvalue weighted by molar-refractivity contribution is 6.11. The molecule has 0 unspecified atom stereocenters. The molecule has 0 saturated carbocycles. The van der Waals surface area contributed by atoms with Crippen LogP contribution >= 0.6 is 0 Å². The van der Waals surface area contributed by atoms with Crippen LogP contribution in [-0.4, -0.2) is 131 Å². The summed E-state index contributed by atoms with van der Waals surface area (Å²) in [4.78, 5) is 68.6. The first kappa shape index (κ1) is 54.6. The van der Waals surface area contributed by atoms with E-state index < -0.39 is 24.0 Å². The van der Waals surface area contributed by atoms with Crippen molar-refractivity contribution >= 4 is 46.2 Å². The molecule has 4 aromatic rings. The number of aryl methyl sites for hydroxylation is 1. The van der Waals surface area contributed by atoms with Crippen LogP contribution in [0.5, 0.6) is 0 Å². The maximum absolute atomic E-state index is 13.9. The number of aromatic nitrogens is 1. The van der Waals surface area contributed by atoms with E-state index in [1.165, 1.54) is 0 Å². The van der Waals surface area contributed by atoms with Crippen LogP contribution in [0.15, 0.2) is 79.0 Å². The number of hydrogen-bond donors (Lipinski definition) is 6. The molecule has 2 atom stereocenters. The smallest absolute Gasteiger partial charge is 0.305 e. The molecule has 0 saturated heterocycles. The Morgan fingerprint density at radius 3 is 1.94 bits per heavy atom. The first-order chi connectivity index (χ1) is 32.9. The van der Waals surface area contributed by atoms with Gasteiger partial charge in [0, 0.05) is 37.9 Å². The van der Waals surface area contributed by atoms with Crippen molar-refractivity contribution in [2.75, 3.05) is 91.0 Å². The molecule has 0 fully saturated rings. The Labute approximate surface area is 399 Å². The quantitative estimate of drug-likeness (QED) is 0.0314. The Morgan fingerprint density at radius 1 is 0.691 bits per heavy atom. The Hall–Kier alpha value is -5.98. The first-order valence-electron chi connectivity index (χ1n) is 23.5. The van der Waals surface area contributed by atoms with Gasteiger partial charge in [-0.25, -0.2) is 4.98 Å². The minimum absolute atomic E-state index is 0.124. The van der Waals surface area contributed by atoms with Gasteiger partial charge in [-0.15, -0.1) is 0 Å². The fraction of sp³-hybridized carbons (Fsp3) is 0.490. The molecule has 68 heavy (non-hydrogen) atoms. The SMILES string of the molecule is CCCOCCOCCOCCOCCOCCNC(=O)[C@@H](CC(C)C)NC(=O)c1ccc(-c2ccc([C@H](CC(=O)O)NC(=O)CNC(=O)CCCNc3cc(C)ccn3)cc2)c2ccccc12. The van der Waals surface area contributed by atoms with Crippen molar-refractivity contribution in [1.29, 1.82) is 0 Å². The Balaban J connectivity index is 1.25. The molecule has 0 spiro atoms. The lowest BCUT2D eigenvalue weighted by molar-refractivity contribution is -0.138. The normalized spacial score (nSPS) is 12.1. The minimum atomic E-state index is -1.10. The predicted molar refractivity (Wildman–Crippen MR) is 260 cm³/mol. The third-order valence-electron chi connectivity index (χ3n) is 10.5. The maximum atomic E-state index is 13.9. The van der Waals surface area contributed by atoms with Crippen LogP contribution in [0.1, 0.15) is 80.4 Å². The van der Waals surface area contributed by atoms with Crippen molar-refractivity contribution in [3.63, 3.8) is 0 Å².